The number of carbonyl (C=O) groups is 1. The molecule has 1 heterocycles. The summed E-state index contributed by atoms with van der Waals surface area (Å²) in [4.78, 5) is 24.9. The highest BCUT2D eigenvalue weighted by Gasteiger charge is 2.39. The van der Waals surface area contributed by atoms with E-state index in [0.717, 1.165) is 5.56 Å². The Balaban J connectivity index is 2.12. The van der Waals surface area contributed by atoms with Gasteiger partial charge in [0.1, 0.15) is 5.54 Å². The maximum absolute atomic E-state index is 11.8. The van der Waals surface area contributed by atoms with Crippen LogP contribution < -0.4 is 5.73 Å². The van der Waals surface area contributed by atoms with Gasteiger partial charge in [-0.1, -0.05) is 35.5 Å². The van der Waals surface area contributed by atoms with E-state index < -0.39 is 11.6 Å². The Kier molecular flexibility index (Phi) is 3.95. The van der Waals surface area contributed by atoms with Crippen molar-refractivity contribution in [2.75, 3.05) is 13.1 Å². The molecule has 1 saturated heterocycles. The molecule has 2 rings (SSSR count). The Labute approximate surface area is 112 Å². The van der Waals surface area contributed by atoms with Crippen molar-refractivity contribution >= 4 is 5.91 Å². The minimum Gasteiger partial charge on any atom is -0.341 e. The van der Waals surface area contributed by atoms with Crippen molar-refractivity contribution < 1.29 is 4.79 Å². The lowest BCUT2D eigenvalue weighted by Crippen LogP contribution is -2.49. The minimum atomic E-state index is -0.699. The Bertz CT molecular complexity index is 451. The third-order valence-corrected chi connectivity index (χ3v) is 3.78. The van der Waals surface area contributed by atoms with E-state index in [-0.39, 0.29) is 5.91 Å². The number of amides is 1. The molecule has 102 valence electrons. The summed E-state index contributed by atoms with van der Waals surface area (Å²) < 4.78 is 0. The first-order valence-corrected chi connectivity index (χ1v) is 6.53. The van der Waals surface area contributed by atoms with E-state index in [1.807, 2.05) is 30.3 Å². The van der Waals surface area contributed by atoms with Gasteiger partial charge in [-0.3, -0.25) is 4.79 Å². The van der Waals surface area contributed by atoms with Crippen LogP contribution in [0.2, 0.25) is 0 Å². The second-order valence-corrected chi connectivity index (χ2v) is 5.10. The quantitative estimate of drug-likeness (QED) is 0.840. The fourth-order valence-corrected chi connectivity index (χ4v) is 2.57. The summed E-state index contributed by atoms with van der Waals surface area (Å²) in [6.45, 7) is 2.74. The molecule has 0 aromatic heterocycles. The topological polar surface area (TPSA) is 75.8 Å². The molecule has 1 aromatic carbocycles. The second-order valence-electron chi connectivity index (χ2n) is 5.10. The van der Waals surface area contributed by atoms with E-state index in [1.54, 1.807) is 11.8 Å². The smallest absolute Gasteiger partial charge is 0.239 e. The van der Waals surface area contributed by atoms with Gasteiger partial charge in [0, 0.05) is 13.1 Å². The average molecular weight is 261 g/mol. The Morgan fingerprint density at radius 3 is 2.37 bits per heavy atom. The summed E-state index contributed by atoms with van der Waals surface area (Å²) in [6, 6.07) is 9.07. The van der Waals surface area contributed by atoms with Crippen LogP contribution in [0.5, 0.6) is 0 Å². The van der Waals surface area contributed by atoms with Gasteiger partial charge in [0.25, 0.3) is 0 Å². The van der Waals surface area contributed by atoms with Gasteiger partial charge in [-0.2, -0.15) is 0 Å². The Morgan fingerprint density at radius 2 is 1.89 bits per heavy atom. The highest BCUT2D eigenvalue weighted by Crippen LogP contribution is 2.36. The molecule has 0 saturated carbocycles. The maximum Gasteiger partial charge on any atom is 0.239 e. The van der Waals surface area contributed by atoms with E-state index in [4.69, 9.17) is 5.73 Å². The maximum atomic E-state index is 11.8. The molecule has 0 unspecified atom stereocenters. The third-order valence-electron chi connectivity index (χ3n) is 3.78. The summed E-state index contributed by atoms with van der Waals surface area (Å²) in [7, 11) is 0. The molecule has 1 atom stereocenters. The van der Waals surface area contributed by atoms with Gasteiger partial charge in [0.05, 0.1) is 6.04 Å². The summed E-state index contributed by atoms with van der Waals surface area (Å²) >= 11 is 0. The zero-order chi connectivity index (χ0) is 13.9. The van der Waals surface area contributed by atoms with Crippen LogP contribution in [0.3, 0.4) is 0 Å². The molecule has 2 N–H and O–H groups in total. The van der Waals surface area contributed by atoms with E-state index in [0.29, 0.717) is 25.9 Å². The molecule has 1 aromatic rings. The lowest BCUT2D eigenvalue weighted by atomic mass is 9.81. The fraction of sp³-hybridized carbons (Fsp3) is 0.500. The Hall–Kier alpha value is -1.75. The molecule has 19 heavy (non-hydrogen) atoms. The van der Waals surface area contributed by atoms with Gasteiger partial charge in [-0.05, 0) is 25.3 Å². The first kappa shape index (κ1) is 13.7. The van der Waals surface area contributed by atoms with Crippen molar-refractivity contribution in [2.45, 2.75) is 31.3 Å². The number of nitrogens with two attached hydrogens (primary N) is 1. The predicted molar refractivity (Wildman–Crippen MR) is 73.4 cm³/mol. The molecular weight excluding hydrogens is 242 g/mol. The first-order chi connectivity index (χ1) is 9.09. The van der Waals surface area contributed by atoms with Gasteiger partial charge in [0.15, 0.2) is 0 Å². The number of likely N-dealkylation sites (tertiary alicyclic amines) is 1. The van der Waals surface area contributed by atoms with Gasteiger partial charge >= 0.3 is 0 Å². The van der Waals surface area contributed by atoms with Crippen LogP contribution >= 0.6 is 0 Å². The largest absolute Gasteiger partial charge is 0.341 e. The molecule has 0 bridgehead atoms. The molecule has 1 amide bonds. The predicted octanol–water partition coefficient (Wildman–Crippen LogP) is 1.62. The summed E-state index contributed by atoms with van der Waals surface area (Å²) in [5.74, 6) is -0.0624. The number of piperidine rings is 1. The average Bonchev–Trinajstić information content (AvgIpc) is 2.47. The molecule has 0 aliphatic carbocycles. The molecule has 1 aliphatic rings. The van der Waals surface area contributed by atoms with Crippen molar-refractivity contribution in [1.29, 1.82) is 0 Å². The lowest BCUT2D eigenvalue weighted by molar-refractivity contribution is -0.133. The molecule has 5 heteroatoms. The SMILES string of the molecule is C[C@H](N)C(=O)N1CCC(N=O)(c2ccccc2)CC1. The standard InChI is InChI=1S/C14H19N3O2/c1-11(15)13(18)17-9-7-14(16-19,8-10-17)12-5-3-2-4-6-12/h2-6,11H,7-10,15H2,1H3/t11-/m0/s1. The van der Waals surface area contributed by atoms with Crippen LogP contribution in [0.15, 0.2) is 35.5 Å². The lowest BCUT2D eigenvalue weighted by Gasteiger charge is -2.37. The van der Waals surface area contributed by atoms with Gasteiger partial charge < -0.3 is 10.6 Å². The number of benzene rings is 1. The third kappa shape index (κ3) is 2.66. The van der Waals surface area contributed by atoms with Gasteiger partial charge in [-0.15, -0.1) is 4.91 Å². The number of carbonyl (C=O) groups excluding carboxylic acids is 1. The van der Waals surface area contributed by atoms with Crippen LogP contribution in [0.4, 0.5) is 0 Å². The number of rotatable bonds is 3. The second kappa shape index (κ2) is 5.48. The number of hydrogen-bond acceptors (Lipinski definition) is 4. The van der Waals surface area contributed by atoms with E-state index >= 15 is 0 Å². The summed E-state index contributed by atoms with van der Waals surface area (Å²) in [6.07, 6.45) is 1.11. The van der Waals surface area contributed by atoms with E-state index in [1.165, 1.54) is 0 Å². The van der Waals surface area contributed by atoms with Crippen molar-refractivity contribution in [3.05, 3.63) is 40.8 Å². The molecule has 0 radical (unpaired) electrons. The highest BCUT2D eigenvalue weighted by molar-refractivity contribution is 5.81. The summed E-state index contributed by atoms with van der Waals surface area (Å²) in [5, 5.41) is 3.37. The number of nitroso groups, excluding NO2 is 1. The van der Waals surface area contributed by atoms with Crippen molar-refractivity contribution in [3.8, 4) is 0 Å². The molecule has 1 fully saturated rings. The van der Waals surface area contributed by atoms with Crippen molar-refractivity contribution in [1.82, 2.24) is 4.90 Å². The number of nitrogens with zero attached hydrogens (tertiary/aromatic N) is 2. The first-order valence-electron chi connectivity index (χ1n) is 6.53. The minimum absolute atomic E-state index is 0.0624. The monoisotopic (exact) mass is 261 g/mol. The van der Waals surface area contributed by atoms with Gasteiger partial charge in [0.2, 0.25) is 5.91 Å². The highest BCUT2D eigenvalue weighted by atomic mass is 16.3. The molecular formula is C14H19N3O2. The van der Waals surface area contributed by atoms with Crippen LogP contribution in [-0.2, 0) is 10.3 Å². The fourth-order valence-electron chi connectivity index (χ4n) is 2.57. The van der Waals surface area contributed by atoms with Crippen LogP contribution in [0, 0.1) is 4.91 Å². The van der Waals surface area contributed by atoms with Gasteiger partial charge in [-0.25, -0.2) is 0 Å². The zero-order valence-electron chi connectivity index (χ0n) is 11.1. The normalized spacial score (nSPS) is 19.8. The van der Waals surface area contributed by atoms with Crippen molar-refractivity contribution in [2.24, 2.45) is 10.9 Å². The molecule has 0 spiro atoms. The Morgan fingerprint density at radius 1 is 1.32 bits per heavy atom. The van der Waals surface area contributed by atoms with Crippen LogP contribution in [0.25, 0.3) is 0 Å². The van der Waals surface area contributed by atoms with Crippen LogP contribution in [-0.4, -0.2) is 29.9 Å². The van der Waals surface area contributed by atoms with Crippen LogP contribution in [0.1, 0.15) is 25.3 Å². The molecule has 5 nitrogen and oxygen atoms in total. The summed E-state index contributed by atoms with van der Waals surface area (Å²) in [5.41, 5.74) is 5.83. The molecule has 1 aliphatic heterocycles. The van der Waals surface area contributed by atoms with E-state index in [9.17, 15) is 9.70 Å². The number of hydrogen-bond donors (Lipinski definition) is 1. The van der Waals surface area contributed by atoms with E-state index in [2.05, 4.69) is 5.18 Å². The zero-order valence-corrected chi connectivity index (χ0v) is 11.1. The van der Waals surface area contributed by atoms with Crippen molar-refractivity contribution in [3.63, 3.8) is 0 Å².